The predicted molar refractivity (Wildman–Crippen MR) is 153 cm³/mol. The third-order valence-electron chi connectivity index (χ3n) is 5.93. The summed E-state index contributed by atoms with van der Waals surface area (Å²) >= 11 is 10.3. The Morgan fingerprint density at radius 1 is 1.26 bits per heavy atom. The lowest BCUT2D eigenvalue weighted by atomic mass is 9.92. The maximum absolute atomic E-state index is 7.33. The van der Waals surface area contributed by atoms with Crippen LogP contribution in [0.1, 0.15) is 55.2 Å². The first-order valence-electron chi connectivity index (χ1n) is 12.3. The van der Waals surface area contributed by atoms with Crippen LogP contribution in [0, 0.1) is 0 Å². The van der Waals surface area contributed by atoms with Crippen molar-refractivity contribution in [2.75, 3.05) is 31.6 Å². The summed E-state index contributed by atoms with van der Waals surface area (Å²) in [5.74, 6) is 1.29. The number of ether oxygens (including phenoxy) is 1. The highest BCUT2D eigenvalue weighted by Gasteiger charge is 2.26. The second kappa shape index (κ2) is 16.4. The quantitative estimate of drug-likeness (QED) is 0.150. The highest BCUT2D eigenvalue weighted by Crippen LogP contribution is 2.37. The zero-order valence-corrected chi connectivity index (χ0v) is 22.6. The number of aliphatic hydroxyl groups is 1. The lowest BCUT2D eigenvalue weighted by Crippen LogP contribution is -2.30. The van der Waals surface area contributed by atoms with Gasteiger partial charge in [0.15, 0.2) is 0 Å². The molecule has 0 aromatic heterocycles. The van der Waals surface area contributed by atoms with Crippen molar-refractivity contribution in [1.29, 1.82) is 0 Å². The number of halogens is 1. The van der Waals surface area contributed by atoms with Crippen LogP contribution in [0.15, 0.2) is 61.5 Å². The zero-order chi connectivity index (χ0) is 25.5. The number of allylic oxidation sites excluding steroid dienone is 1. The van der Waals surface area contributed by atoms with Crippen LogP contribution in [-0.2, 0) is 13.0 Å². The van der Waals surface area contributed by atoms with Crippen LogP contribution in [-0.4, -0.2) is 31.9 Å². The Labute approximate surface area is 221 Å². The average Bonchev–Trinajstić information content (AvgIpc) is 3.02. The highest BCUT2D eigenvalue weighted by molar-refractivity contribution is 7.78. The van der Waals surface area contributed by atoms with Crippen molar-refractivity contribution in [1.82, 2.24) is 10.0 Å². The third-order valence-corrected chi connectivity index (χ3v) is 6.32. The lowest BCUT2D eigenvalue weighted by molar-refractivity contribution is 0.299. The molecule has 3 rings (SSSR count). The van der Waals surface area contributed by atoms with E-state index in [1.54, 1.807) is 0 Å². The van der Waals surface area contributed by atoms with E-state index in [1.807, 2.05) is 19.3 Å². The number of thiol groups is 1. The maximum atomic E-state index is 7.33. The van der Waals surface area contributed by atoms with E-state index in [2.05, 4.69) is 77.7 Å². The van der Waals surface area contributed by atoms with Crippen LogP contribution in [0.5, 0.6) is 5.75 Å². The van der Waals surface area contributed by atoms with Gasteiger partial charge in [-0.05, 0) is 73.7 Å². The van der Waals surface area contributed by atoms with Gasteiger partial charge in [-0.2, -0.15) is 0 Å². The molecular formula is C28H40ClN3O2S. The maximum Gasteiger partial charge on any atom is 0.142 e. The molecule has 1 aliphatic rings. The number of fused-ring (bicyclic) bond motifs is 1. The van der Waals surface area contributed by atoms with E-state index in [-0.39, 0.29) is 0 Å². The SMILES string of the molecule is C=CO.CCCc1cc(Cl)ccc1C1COc2ccc(CNC)cc2N(CCCC/C=C/NS)C1. The van der Waals surface area contributed by atoms with Crippen LogP contribution in [0.4, 0.5) is 5.69 Å². The molecule has 0 spiro atoms. The van der Waals surface area contributed by atoms with Gasteiger partial charge < -0.3 is 24.8 Å². The van der Waals surface area contributed by atoms with Crippen molar-refractivity contribution >= 4 is 30.1 Å². The largest absolute Gasteiger partial charge is 0.516 e. The van der Waals surface area contributed by atoms with Crippen molar-refractivity contribution in [3.05, 3.63) is 83.2 Å². The summed E-state index contributed by atoms with van der Waals surface area (Å²) in [7, 11) is 1.99. The number of hydrogen-bond donors (Lipinski definition) is 4. The third kappa shape index (κ3) is 9.36. The number of rotatable bonds is 11. The van der Waals surface area contributed by atoms with Crippen molar-refractivity contribution < 1.29 is 9.84 Å². The van der Waals surface area contributed by atoms with Crippen LogP contribution < -0.4 is 19.7 Å². The number of anilines is 1. The van der Waals surface area contributed by atoms with Crippen LogP contribution >= 0.6 is 24.4 Å². The Morgan fingerprint density at radius 2 is 2.06 bits per heavy atom. The molecule has 0 radical (unpaired) electrons. The summed E-state index contributed by atoms with van der Waals surface area (Å²) < 4.78 is 9.14. The van der Waals surface area contributed by atoms with Gasteiger partial charge in [-0.1, -0.05) is 62.5 Å². The molecule has 7 heteroatoms. The molecule has 5 nitrogen and oxygen atoms in total. The molecule has 1 unspecified atom stereocenters. The second-order valence-electron chi connectivity index (χ2n) is 8.59. The van der Waals surface area contributed by atoms with E-state index in [4.69, 9.17) is 21.4 Å². The molecule has 0 saturated heterocycles. The minimum Gasteiger partial charge on any atom is -0.516 e. The number of unbranched alkanes of at least 4 members (excludes halogenated alkanes) is 2. The fourth-order valence-corrected chi connectivity index (χ4v) is 4.71. The first-order chi connectivity index (χ1) is 17.1. The predicted octanol–water partition coefficient (Wildman–Crippen LogP) is 6.80. The standard InChI is InChI=1S/C26H36ClN3OS.C2H4O/c1-3-8-21-16-23(27)10-11-24(21)22-18-30(14-7-5-4-6-13-29-32)25-15-20(17-28-2)9-12-26(25)31-19-22;1-2-3/h6,9-13,15-16,22,28-29,32H,3-5,7-8,14,17-19H2,1-2H3;2-3H,1H2/b13-6+;. The molecule has 0 saturated carbocycles. The van der Waals surface area contributed by atoms with Gasteiger partial charge in [0, 0.05) is 36.8 Å². The second-order valence-corrected chi connectivity index (χ2v) is 9.28. The van der Waals surface area contributed by atoms with Gasteiger partial charge in [0.05, 0.1) is 18.6 Å². The van der Waals surface area contributed by atoms with E-state index in [0.29, 0.717) is 12.5 Å². The van der Waals surface area contributed by atoms with Crippen LogP contribution in [0.25, 0.3) is 0 Å². The van der Waals surface area contributed by atoms with E-state index in [0.717, 1.165) is 68.8 Å². The number of benzene rings is 2. The molecule has 3 N–H and O–H groups in total. The van der Waals surface area contributed by atoms with Crippen molar-refractivity contribution in [2.24, 2.45) is 0 Å². The number of hydrogen-bond acceptors (Lipinski definition) is 6. The van der Waals surface area contributed by atoms with Gasteiger partial charge in [-0.15, -0.1) is 0 Å². The summed E-state index contributed by atoms with van der Waals surface area (Å²) in [5, 5.41) is 11.4. The van der Waals surface area contributed by atoms with Gasteiger partial charge in [-0.3, -0.25) is 0 Å². The van der Waals surface area contributed by atoms with Gasteiger partial charge in [0.1, 0.15) is 5.75 Å². The first kappa shape index (κ1) is 29.0. The average molecular weight is 518 g/mol. The van der Waals surface area contributed by atoms with Crippen molar-refractivity contribution in [2.45, 2.75) is 51.5 Å². The molecule has 2 aromatic carbocycles. The summed E-state index contributed by atoms with van der Waals surface area (Å²) in [4.78, 5) is 2.52. The molecule has 1 atom stereocenters. The Morgan fingerprint density at radius 3 is 2.77 bits per heavy atom. The molecule has 1 aliphatic heterocycles. The van der Waals surface area contributed by atoms with E-state index < -0.39 is 0 Å². The molecule has 192 valence electrons. The molecule has 35 heavy (non-hydrogen) atoms. The number of aliphatic hydroxyl groups excluding tert-OH is 1. The van der Waals surface area contributed by atoms with Crippen LogP contribution in [0.2, 0.25) is 5.02 Å². The first-order valence-corrected chi connectivity index (χ1v) is 13.1. The number of nitrogens with zero attached hydrogens (tertiary/aromatic N) is 1. The summed E-state index contributed by atoms with van der Waals surface area (Å²) in [5.41, 5.74) is 5.20. The fraction of sp³-hybridized carbons (Fsp3) is 0.429. The number of nitrogens with one attached hydrogen (secondary N) is 2. The van der Waals surface area contributed by atoms with Gasteiger partial charge in [0.25, 0.3) is 0 Å². The molecule has 1 heterocycles. The molecule has 0 aliphatic carbocycles. The van der Waals surface area contributed by atoms with E-state index in [9.17, 15) is 0 Å². The van der Waals surface area contributed by atoms with Crippen molar-refractivity contribution in [3.8, 4) is 5.75 Å². The Balaban J connectivity index is 0.00000137. The molecular weight excluding hydrogens is 478 g/mol. The molecule has 0 fully saturated rings. The monoisotopic (exact) mass is 517 g/mol. The normalized spacial score (nSPS) is 15.0. The minimum absolute atomic E-state index is 0.308. The Bertz CT molecular complexity index is 938. The van der Waals surface area contributed by atoms with Crippen LogP contribution in [0.3, 0.4) is 0 Å². The Hall–Kier alpha value is -2.28. The molecule has 0 amide bonds. The number of aryl methyl sites for hydroxylation is 1. The van der Waals surface area contributed by atoms with Gasteiger partial charge in [0.2, 0.25) is 0 Å². The van der Waals surface area contributed by atoms with Gasteiger partial charge in [-0.25, -0.2) is 0 Å². The van der Waals surface area contributed by atoms with Gasteiger partial charge >= 0.3 is 0 Å². The summed E-state index contributed by atoms with van der Waals surface area (Å²) in [6.07, 6.45) is 10.2. The topological polar surface area (TPSA) is 56.8 Å². The summed E-state index contributed by atoms with van der Waals surface area (Å²) in [6.45, 7) is 8.63. The lowest BCUT2D eigenvalue weighted by Gasteiger charge is -2.28. The fourth-order valence-electron chi connectivity index (χ4n) is 4.41. The summed E-state index contributed by atoms with van der Waals surface area (Å²) in [6, 6.07) is 12.9. The smallest absolute Gasteiger partial charge is 0.142 e. The zero-order valence-electron chi connectivity index (χ0n) is 21.0. The minimum atomic E-state index is 0.308. The Kier molecular flexibility index (Phi) is 13.6. The molecule has 0 bridgehead atoms. The molecule has 2 aromatic rings. The highest BCUT2D eigenvalue weighted by atomic mass is 35.5. The van der Waals surface area contributed by atoms with E-state index >= 15 is 0 Å². The van der Waals surface area contributed by atoms with Crippen molar-refractivity contribution in [3.63, 3.8) is 0 Å². The van der Waals surface area contributed by atoms with E-state index in [1.165, 1.54) is 22.4 Å².